The summed E-state index contributed by atoms with van der Waals surface area (Å²) in [5.41, 5.74) is 1.24. The van der Waals surface area contributed by atoms with E-state index in [4.69, 9.17) is 5.11 Å². The highest BCUT2D eigenvalue weighted by atomic mass is 32.2. The number of hydrogen-bond acceptors (Lipinski definition) is 5. The minimum absolute atomic E-state index is 0.249. The summed E-state index contributed by atoms with van der Waals surface area (Å²) in [4.78, 5) is 5.70. The van der Waals surface area contributed by atoms with Crippen molar-refractivity contribution in [3.63, 3.8) is 0 Å². The highest BCUT2D eigenvalue weighted by Crippen LogP contribution is 2.26. The molecule has 0 amide bonds. The lowest BCUT2D eigenvalue weighted by atomic mass is 10.4. The summed E-state index contributed by atoms with van der Waals surface area (Å²) in [6.07, 6.45) is 4.03. The number of thioether (sulfide) groups is 1. The second-order valence-electron chi connectivity index (χ2n) is 4.02. The second-order valence-corrected chi connectivity index (χ2v) is 5.98. The molecule has 0 aliphatic carbocycles. The van der Waals surface area contributed by atoms with Crippen LogP contribution in [0, 0.1) is 0 Å². The lowest BCUT2D eigenvalue weighted by Gasteiger charge is -2.05. The molecular weight excluding hydrogens is 266 g/mol. The molecule has 0 saturated carbocycles. The molecule has 18 heavy (non-hydrogen) atoms. The molecule has 0 spiro atoms. The van der Waals surface area contributed by atoms with Crippen LogP contribution in [0.1, 0.15) is 25.5 Å². The zero-order valence-corrected chi connectivity index (χ0v) is 12.2. The van der Waals surface area contributed by atoms with E-state index < -0.39 is 0 Å². The fourth-order valence-corrected chi connectivity index (χ4v) is 3.45. The number of hydrogen-bond donors (Lipinski definition) is 2. The standard InChI is InChI=1S/C12H19N3OS2/c1-2-4-13-9-10-11(17-7-3-6-16)14-12-15(10)5-8-18-12/h5,8,13,16H,2-4,6-7,9H2,1H3. The van der Waals surface area contributed by atoms with E-state index in [1.165, 1.54) is 5.69 Å². The minimum atomic E-state index is 0.249. The molecule has 0 radical (unpaired) electrons. The van der Waals surface area contributed by atoms with Gasteiger partial charge in [-0.05, 0) is 19.4 Å². The van der Waals surface area contributed by atoms with E-state index in [0.717, 1.165) is 41.7 Å². The molecule has 2 rings (SSSR count). The van der Waals surface area contributed by atoms with Gasteiger partial charge in [-0.3, -0.25) is 4.40 Å². The highest BCUT2D eigenvalue weighted by molar-refractivity contribution is 7.99. The molecule has 0 saturated heterocycles. The van der Waals surface area contributed by atoms with Crippen LogP contribution < -0.4 is 5.32 Å². The number of aromatic nitrogens is 2. The Morgan fingerprint density at radius 2 is 2.44 bits per heavy atom. The SMILES string of the molecule is CCCNCc1c(SCCCO)nc2sccn12. The first-order chi connectivity index (χ1) is 8.86. The monoisotopic (exact) mass is 285 g/mol. The van der Waals surface area contributed by atoms with Crippen molar-refractivity contribution in [3.8, 4) is 0 Å². The molecule has 0 aliphatic rings. The average Bonchev–Trinajstić information content (AvgIpc) is 2.92. The Hall–Kier alpha value is -0.560. The van der Waals surface area contributed by atoms with Crippen LogP contribution in [0.4, 0.5) is 0 Å². The Kier molecular flexibility index (Phi) is 5.49. The topological polar surface area (TPSA) is 49.6 Å². The quantitative estimate of drug-likeness (QED) is 0.577. The Balaban J connectivity index is 2.10. The van der Waals surface area contributed by atoms with Gasteiger partial charge in [-0.2, -0.15) is 0 Å². The van der Waals surface area contributed by atoms with Gasteiger partial charge in [-0.1, -0.05) is 6.92 Å². The summed E-state index contributed by atoms with van der Waals surface area (Å²) in [5.74, 6) is 0.919. The Morgan fingerprint density at radius 1 is 1.56 bits per heavy atom. The molecule has 0 bridgehead atoms. The lowest BCUT2D eigenvalue weighted by molar-refractivity contribution is 0.296. The first-order valence-corrected chi connectivity index (χ1v) is 8.12. The maximum atomic E-state index is 8.84. The number of aliphatic hydroxyl groups is 1. The van der Waals surface area contributed by atoms with E-state index in [1.54, 1.807) is 23.1 Å². The van der Waals surface area contributed by atoms with Crippen LogP contribution in [0.15, 0.2) is 16.6 Å². The maximum absolute atomic E-state index is 8.84. The van der Waals surface area contributed by atoms with Gasteiger partial charge in [-0.15, -0.1) is 23.1 Å². The molecule has 0 unspecified atom stereocenters. The van der Waals surface area contributed by atoms with Crippen LogP contribution in [-0.2, 0) is 6.54 Å². The van der Waals surface area contributed by atoms with Crippen molar-refractivity contribution in [3.05, 3.63) is 17.3 Å². The van der Waals surface area contributed by atoms with Crippen molar-refractivity contribution in [2.24, 2.45) is 0 Å². The van der Waals surface area contributed by atoms with Gasteiger partial charge in [0.05, 0.1) is 5.69 Å². The van der Waals surface area contributed by atoms with Gasteiger partial charge < -0.3 is 10.4 Å². The van der Waals surface area contributed by atoms with Crippen LogP contribution in [0.5, 0.6) is 0 Å². The number of nitrogens with zero attached hydrogens (tertiary/aromatic N) is 2. The second kappa shape index (κ2) is 7.13. The molecule has 2 aromatic rings. The Morgan fingerprint density at radius 3 is 3.22 bits per heavy atom. The number of thiazole rings is 1. The molecule has 0 fully saturated rings. The Bertz CT molecular complexity index is 481. The van der Waals surface area contributed by atoms with E-state index in [1.807, 2.05) is 0 Å². The van der Waals surface area contributed by atoms with E-state index in [9.17, 15) is 0 Å². The normalized spacial score (nSPS) is 11.4. The summed E-state index contributed by atoms with van der Waals surface area (Å²) in [5, 5.41) is 15.4. The first kappa shape index (κ1) is 13.9. The van der Waals surface area contributed by atoms with Crippen LogP contribution >= 0.6 is 23.1 Å². The average molecular weight is 285 g/mol. The van der Waals surface area contributed by atoms with Gasteiger partial charge in [0.1, 0.15) is 5.03 Å². The molecule has 100 valence electrons. The van der Waals surface area contributed by atoms with Gasteiger partial charge in [-0.25, -0.2) is 4.98 Å². The molecule has 2 aromatic heterocycles. The van der Waals surface area contributed by atoms with Gasteiger partial charge in [0, 0.05) is 30.5 Å². The largest absolute Gasteiger partial charge is 0.396 e. The van der Waals surface area contributed by atoms with Gasteiger partial charge in [0.25, 0.3) is 0 Å². The number of rotatable bonds is 8. The maximum Gasteiger partial charge on any atom is 0.194 e. The van der Waals surface area contributed by atoms with E-state index in [2.05, 4.69) is 33.2 Å². The van der Waals surface area contributed by atoms with Crippen LogP contribution in [-0.4, -0.2) is 33.4 Å². The predicted octanol–water partition coefficient (Wildman–Crippen LogP) is 2.37. The molecule has 0 aromatic carbocycles. The summed E-state index contributed by atoms with van der Waals surface area (Å²) in [6.45, 7) is 4.30. The summed E-state index contributed by atoms with van der Waals surface area (Å²) >= 11 is 3.40. The number of imidazole rings is 1. The van der Waals surface area contributed by atoms with Crippen LogP contribution in [0.3, 0.4) is 0 Å². The molecular formula is C12H19N3OS2. The molecule has 2 N–H and O–H groups in total. The summed E-state index contributed by atoms with van der Waals surface area (Å²) < 4.78 is 2.16. The van der Waals surface area contributed by atoms with Crippen molar-refractivity contribution in [1.29, 1.82) is 0 Å². The highest BCUT2D eigenvalue weighted by Gasteiger charge is 2.12. The van der Waals surface area contributed by atoms with Crippen molar-refractivity contribution in [1.82, 2.24) is 14.7 Å². The lowest BCUT2D eigenvalue weighted by Crippen LogP contribution is -2.15. The van der Waals surface area contributed by atoms with E-state index in [-0.39, 0.29) is 6.61 Å². The zero-order chi connectivity index (χ0) is 12.8. The predicted molar refractivity (Wildman–Crippen MR) is 77.5 cm³/mol. The van der Waals surface area contributed by atoms with E-state index in [0.29, 0.717) is 0 Å². The fourth-order valence-electron chi connectivity index (χ4n) is 1.71. The van der Waals surface area contributed by atoms with Gasteiger partial charge in [0.15, 0.2) is 4.96 Å². The van der Waals surface area contributed by atoms with Crippen molar-refractivity contribution in [2.75, 3.05) is 18.9 Å². The first-order valence-electron chi connectivity index (χ1n) is 6.25. The molecule has 6 heteroatoms. The minimum Gasteiger partial charge on any atom is -0.396 e. The zero-order valence-electron chi connectivity index (χ0n) is 10.6. The fraction of sp³-hybridized carbons (Fsp3) is 0.583. The molecule has 0 atom stereocenters. The molecule has 2 heterocycles. The van der Waals surface area contributed by atoms with Gasteiger partial charge in [0.2, 0.25) is 0 Å². The smallest absolute Gasteiger partial charge is 0.194 e. The molecule has 4 nitrogen and oxygen atoms in total. The van der Waals surface area contributed by atoms with Crippen LogP contribution in [0.25, 0.3) is 4.96 Å². The van der Waals surface area contributed by atoms with Crippen molar-refractivity contribution in [2.45, 2.75) is 31.3 Å². The van der Waals surface area contributed by atoms with Crippen LogP contribution in [0.2, 0.25) is 0 Å². The number of fused-ring (bicyclic) bond motifs is 1. The number of aliphatic hydroxyl groups excluding tert-OH is 1. The Labute approximate surface area is 115 Å². The van der Waals surface area contributed by atoms with E-state index >= 15 is 0 Å². The molecule has 0 aliphatic heterocycles. The third-order valence-corrected chi connectivity index (χ3v) is 4.43. The third kappa shape index (κ3) is 3.26. The summed E-state index contributed by atoms with van der Waals surface area (Å²) in [6, 6.07) is 0. The summed E-state index contributed by atoms with van der Waals surface area (Å²) in [7, 11) is 0. The van der Waals surface area contributed by atoms with Gasteiger partial charge >= 0.3 is 0 Å². The number of nitrogens with one attached hydrogen (secondary N) is 1. The van der Waals surface area contributed by atoms with Crippen molar-refractivity contribution >= 4 is 28.1 Å². The third-order valence-electron chi connectivity index (χ3n) is 2.58. The van der Waals surface area contributed by atoms with Crippen molar-refractivity contribution < 1.29 is 5.11 Å².